The molecule has 0 saturated carbocycles. The first-order valence-electron chi connectivity index (χ1n) is 8.18. The van der Waals surface area contributed by atoms with E-state index in [2.05, 4.69) is 43.0 Å². The number of carbonyl (C=O) groups is 2. The molecule has 22 heavy (non-hydrogen) atoms. The quantitative estimate of drug-likeness (QED) is 0.801. The number of aryl methyl sites for hydroxylation is 1. The van der Waals surface area contributed by atoms with Crippen LogP contribution in [0.5, 0.6) is 0 Å². The molecule has 1 aromatic carbocycles. The van der Waals surface area contributed by atoms with Gasteiger partial charge in [0.25, 0.3) is 0 Å². The Morgan fingerprint density at radius 2 is 1.68 bits per heavy atom. The van der Waals surface area contributed by atoms with E-state index in [1.54, 1.807) is 0 Å². The Labute approximate surface area is 132 Å². The molecule has 2 saturated heterocycles. The molecule has 0 radical (unpaired) electrons. The van der Waals surface area contributed by atoms with Gasteiger partial charge in [0, 0.05) is 38.5 Å². The van der Waals surface area contributed by atoms with Gasteiger partial charge in [0.2, 0.25) is 11.8 Å². The Morgan fingerprint density at radius 3 is 2.32 bits per heavy atom. The minimum absolute atomic E-state index is 0.00747. The van der Waals surface area contributed by atoms with Crippen molar-refractivity contribution in [3.63, 3.8) is 0 Å². The van der Waals surface area contributed by atoms with E-state index in [-0.39, 0.29) is 11.8 Å². The summed E-state index contributed by atoms with van der Waals surface area (Å²) in [5, 5.41) is 0. The first-order chi connectivity index (χ1) is 10.5. The van der Waals surface area contributed by atoms with Gasteiger partial charge in [0.15, 0.2) is 0 Å². The summed E-state index contributed by atoms with van der Waals surface area (Å²) in [5.41, 5.74) is 2.69. The molecule has 0 aromatic heterocycles. The summed E-state index contributed by atoms with van der Waals surface area (Å²) in [4.78, 5) is 27.2. The molecule has 0 N–H and O–H groups in total. The van der Waals surface area contributed by atoms with Crippen molar-refractivity contribution in [2.24, 2.45) is 0 Å². The second-order valence-electron chi connectivity index (χ2n) is 6.63. The summed E-state index contributed by atoms with van der Waals surface area (Å²) in [6, 6.07) is 9.29. The monoisotopic (exact) mass is 300 g/mol. The molecular weight excluding hydrogens is 276 g/mol. The molecule has 0 bridgehead atoms. The van der Waals surface area contributed by atoms with Crippen LogP contribution in [0.1, 0.15) is 43.2 Å². The zero-order valence-electron chi connectivity index (χ0n) is 13.4. The maximum absolute atomic E-state index is 11.7. The number of hydrogen-bond acceptors (Lipinski definition) is 3. The van der Waals surface area contributed by atoms with Crippen molar-refractivity contribution in [3.8, 4) is 0 Å². The minimum atomic E-state index is -0.00747. The Bertz CT molecular complexity index is 551. The molecule has 2 heterocycles. The fraction of sp³-hybridized carbons (Fsp3) is 0.556. The number of benzene rings is 1. The number of likely N-dealkylation sites (tertiary alicyclic amines) is 2. The highest BCUT2D eigenvalue weighted by atomic mass is 16.2. The lowest BCUT2D eigenvalue weighted by Crippen LogP contribution is -2.39. The minimum Gasteiger partial charge on any atom is -0.298 e. The standard InChI is InChI=1S/C18H24N2O2/c1-13-3-5-15(6-4-13)16-11-14(2)19(12-16)9-10-20-17(21)7-8-18(20)22/h3-6,14,16H,7-12H2,1-2H3. The van der Waals surface area contributed by atoms with Crippen LogP contribution in [0.15, 0.2) is 24.3 Å². The second-order valence-corrected chi connectivity index (χ2v) is 6.63. The van der Waals surface area contributed by atoms with Crippen molar-refractivity contribution in [1.82, 2.24) is 9.80 Å². The van der Waals surface area contributed by atoms with E-state index >= 15 is 0 Å². The molecule has 2 aliphatic heterocycles. The summed E-state index contributed by atoms with van der Waals surface area (Å²) in [5.74, 6) is 0.541. The van der Waals surface area contributed by atoms with Crippen molar-refractivity contribution >= 4 is 11.8 Å². The van der Waals surface area contributed by atoms with Crippen LogP contribution in [-0.2, 0) is 9.59 Å². The van der Waals surface area contributed by atoms with Crippen molar-refractivity contribution in [2.45, 2.75) is 45.1 Å². The molecule has 118 valence electrons. The van der Waals surface area contributed by atoms with Crippen LogP contribution in [-0.4, -0.2) is 47.3 Å². The molecule has 0 spiro atoms. The highest BCUT2D eigenvalue weighted by molar-refractivity contribution is 6.01. The molecule has 2 unspecified atom stereocenters. The fourth-order valence-electron chi connectivity index (χ4n) is 3.59. The van der Waals surface area contributed by atoms with Crippen LogP contribution in [0.2, 0.25) is 0 Å². The zero-order valence-corrected chi connectivity index (χ0v) is 13.4. The summed E-state index contributed by atoms with van der Waals surface area (Å²) >= 11 is 0. The van der Waals surface area contributed by atoms with Crippen molar-refractivity contribution < 1.29 is 9.59 Å². The smallest absolute Gasteiger partial charge is 0.229 e. The predicted octanol–water partition coefficient (Wildman–Crippen LogP) is 2.32. The van der Waals surface area contributed by atoms with E-state index in [0.717, 1.165) is 19.5 Å². The highest BCUT2D eigenvalue weighted by Crippen LogP contribution is 2.31. The molecule has 3 rings (SSSR count). The maximum Gasteiger partial charge on any atom is 0.229 e. The first-order valence-corrected chi connectivity index (χ1v) is 8.18. The highest BCUT2D eigenvalue weighted by Gasteiger charge is 2.33. The van der Waals surface area contributed by atoms with Gasteiger partial charge < -0.3 is 0 Å². The summed E-state index contributed by atoms with van der Waals surface area (Å²) in [7, 11) is 0. The number of carbonyl (C=O) groups excluding carboxylic acids is 2. The Kier molecular flexibility index (Phi) is 4.30. The van der Waals surface area contributed by atoms with E-state index in [0.29, 0.717) is 31.3 Å². The van der Waals surface area contributed by atoms with E-state index in [9.17, 15) is 9.59 Å². The van der Waals surface area contributed by atoms with Crippen molar-refractivity contribution in [1.29, 1.82) is 0 Å². The lowest BCUT2D eigenvalue weighted by molar-refractivity contribution is -0.138. The summed E-state index contributed by atoms with van der Waals surface area (Å²) in [6.07, 6.45) is 1.92. The van der Waals surface area contributed by atoms with Crippen LogP contribution in [0.4, 0.5) is 0 Å². The van der Waals surface area contributed by atoms with Crippen LogP contribution in [0.3, 0.4) is 0 Å². The largest absolute Gasteiger partial charge is 0.298 e. The van der Waals surface area contributed by atoms with Crippen LogP contribution < -0.4 is 0 Å². The maximum atomic E-state index is 11.7. The molecule has 4 nitrogen and oxygen atoms in total. The normalized spacial score (nSPS) is 26.2. The average molecular weight is 300 g/mol. The molecular formula is C18H24N2O2. The Balaban J connectivity index is 1.58. The van der Waals surface area contributed by atoms with E-state index in [1.165, 1.54) is 16.0 Å². The van der Waals surface area contributed by atoms with E-state index in [4.69, 9.17) is 0 Å². The number of hydrogen-bond donors (Lipinski definition) is 0. The number of amides is 2. The Hall–Kier alpha value is -1.68. The third-order valence-corrected chi connectivity index (χ3v) is 5.02. The second kappa shape index (κ2) is 6.21. The fourth-order valence-corrected chi connectivity index (χ4v) is 3.59. The van der Waals surface area contributed by atoms with E-state index in [1.807, 2.05) is 0 Å². The number of imide groups is 1. The topological polar surface area (TPSA) is 40.6 Å². The van der Waals surface area contributed by atoms with Gasteiger partial charge in [-0.25, -0.2) is 0 Å². The summed E-state index contributed by atoms with van der Waals surface area (Å²) in [6.45, 7) is 6.70. The van der Waals surface area contributed by atoms with Gasteiger partial charge in [-0.3, -0.25) is 19.4 Å². The zero-order chi connectivity index (χ0) is 15.7. The van der Waals surface area contributed by atoms with Gasteiger partial charge >= 0.3 is 0 Å². The van der Waals surface area contributed by atoms with Crippen molar-refractivity contribution in [3.05, 3.63) is 35.4 Å². The molecule has 0 aliphatic carbocycles. The van der Waals surface area contributed by atoms with Crippen molar-refractivity contribution in [2.75, 3.05) is 19.6 Å². The van der Waals surface area contributed by atoms with Gasteiger partial charge in [0.05, 0.1) is 0 Å². The molecule has 2 amide bonds. The van der Waals surface area contributed by atoms with Gasteiger partial charge in [0.1, 0.15) is 0 Å². The SMILES string of the molecule is Cc1ccc(C2CC(C)N(CCN3C(=O)CCC3=O)C2)cc1. The van der Waals surface area contributed by atoms with Gasteiger partial charge in [-0.1, -0.05) is 29.8 Å². The van der Waals surface area contributed by atoms with E-state index < -0.39 is 0 Å². The van der Waals surface area contributed by atoms with Crippen LogP contribution in [0.25, 0.3) is 0 Å². The van der Waals surface area contributed by atoms with Gasteiger partial charge in [-0.05, 0) is 31.7 Å². The molecule has 2 fully saturated rings. The predicted molar refractivity (Wildman–Crippen MR) is 85.5 cm³/mol. The lowest BCUT2D eigenvalue weighted by Gasteiger charge is -2.23. The third kappa shape index (κ3) is 3.07. The molecule has 4 heteroatoms. The van der Waals surface area contributed by atoms with Crippen LogP contribution in [0, 0.1) is 6.92 Å². The van der Waals surface area contributed by atoms with Crippen LogP contribution >= 0.6 is 0 Å². The van der Waals surface area contributed by atoms with Gasteiger partial charge in [-0.2, -0.15) is 0 Å². The average Bonchev–Trinajstić information content (AvgIpc) is 3.01. The third-order valence-electron chi connectivity index (χ3n) is 5.02. The molecule has 2 atom stereocenters. The van der Waals surface area contributed by atoms with Gasteiger partial charge in [-0.15, -0.1) is 0 Å². The Morgan fingerprint density at radius 1 is 1.05 bits per heavy atom. The summed E-state index contributed by atoms with van der Waals surface area (Å²) < 4.78 is 0. The number of rotatable bonds is 4. The first kappa shape index (κ1) is 15.2. The number of nitrogens with zero attached hydrogens (tertiary/aromatic N) is 2. The molecule has 2 aliphatic rings. The lowest BCUT2D eigenvalue weighted by atomic mass is 9.96. The molecule has 1 aromatic rings.